The van der Waals surface area contributed by atoms with Crippen LogP contribution in [0.2, 0.25) is 0 Å². The summed E-state index contributed by atoms with van der Waals surface area (Å²) in [4.78, 5) is 26.3. The molecule has 0 saturated carbocycles. The second kappa shape index (κ2) is 5.88. The van der Waals surface area contributed by atoms with Crippen LogP contribution in [-0.2, 0) is 9.59 Å². The number of hydrogen-bond acceptors (Lipinski definition) is 3. The zero-order valence-corrected chi connectivity index (χ0v) is 13.6. The molecule has 1 atom stereocenters. The molecule has 1 aliphatic rings. The summed E-state index contributed by atoms with van der Waals surface area (Å²) in [6, 6.07) is 13.0. The van der Waals surface area contributed by atoms with Gasteiger partial charge in [-0.1, -0.05) is 24.3 Å². The summed E-state index contributed by atoms with van der Waals surface area (Å²) >= 11 is 0. The van der Waals surface area contributed by atoms with E-state index in [4.69, 9.17) is 0 Å². The van der Waals surface area contributed by atoms with E-state index >= 15 is 0 Å². The third-order valence-electron chi connectivity index (χ3n) is 4.13. The number of rotatable bonds is 3. The molecule has 118 valence electrons. The smallest absolute Gasteiger partial charge is 0.256 e. The van der Waals surface area contributed by atoms with E-state index in [0.29, 0.717) is 5.69 Å². The summed E-state index contributed by atoms with van der Waals surface area (Å²) in [5.74, 6) is -0.357. The zero-order valence-electron chi connectivity index (χ0n) is 13.6. The molecule has 23 heavy (non-hydrogen) atoms. The number of benzene rings is 2. The maximum absolute atomic E-state index is 12.7. The molecule has 4 heteroatoms. The van der Waals surface area contributed by atoms with Crippen molar-refractivity contribution in [1.82, 2.24) is 0 Å². The number of carbonyl (C=O) groups excluding carboxylic acids is 2. The molecule has 1 saturated heterocycles. The van der Waals surface area contributed by atoms with Gasteiger partial charge in [-0.15, -0.1) is 0 Å². The molecule has 2 aromatic rings. The van der Waals surface area contributed by atoms with Crippen molar-refractivity contribution in [2.75, 3.05) is 10.2 Å². The predicted molar refractivity (Wildman–Crippen MR) is 91.6 cm³/mol. The molecular weight excluding hydrogens is 288 g/mol. The number of hydrogen-bond donors (Lipinski definition) is 1. The minimum atomic E-state index is -0.511. The highest BCUT2D eigenvalue weighted by atomic mass is 16.2. The minimum absolute atomic E-state index is 0.164. The van der Waals surface area contributed by atoms with Gasteiger partial charge in [0.1, 0.15) is 6.04 Å². The molecule has 4 nitrogen and oxygen atoms in total. The monoisotopic (exact) mass is 308 g/mol. The zero-order chi connectivity index (χ0) is 16.6. The Morgan fingerprint density at radius 2 is 1.74 bits per heavy atom. The summed E-state index contributed by atoms with van der Waals surface area (Å²) < 4.78 is 0. The van der Waals surface area contributed by atoms with E-state index in [1.165, 1.54) is 4.90 Å². The molecule has 0 radical (unpaired) electrons. The summed E-state index contributed by atoms with van der Waals surface area (Å²) in [6.45, 7) is 5.94. The lowest BCUT2D eigenvalue weighted by Gasteiger charge is -2.17. The Morgan fingerprint density at radius 3 is 2.48 bits per heavy atom. The van der Waals surface area contributed by atoms with Crippen LogP contribution in [0.3, 0.4) is 0 Å². The number of anilines is 2. The highest BCUT2D eigenvalue weighted by molar-refractivity contribution is 6.23. The minimum Gasteiger partial charge on any atom is -0.373 e. The number of aryl methyl sites for hydroxylation is 3. The molecule has 1 heterocycles. The van der Waals surface area contributed by atoms with E-state index in [1.807, 2.05) is 57.2 Å². The van der Waals surface area contributed by atoms with Crippen LogP contribution in [0.15, 0.2) is 42.5 Å². The molecule has 3 rings (SSSR count). The first kappa shape index (κ1) is 15.3. The average Bonchev–Trinajstić information content (AvgIpc) is 2.77. The fourth-order valence-electron chi connectivity index (χ4n) is 2.86. The molecule has 2 amide bonds. The highest BCUT2D eigenvalue weighted by Crippen LogP contribution is 2.26. The van der Waals surface area contributed by atoms with Gasteiger partial charge in [0, 0.05) is 5.69 Å². The van der Waals surface area contributed by atoms with Crippen LogP contribution < -0.4 is 10.2 Å². The Hall–Kier alpha value is -2.62. The fraction of sp³-hybridized carbons (Fsp3) is 0.263. The van der Waals surface area contributed by atoms with E-state index in [0.717, 1.165) is 22.4 Å². The lowest BCUT2D eigenvalue weighted by atomic mass is 10.1. The van der Waals surface area contributed by atoms with E-state index in [2.05, 4.69) is 5.32 Å². The van der Waals surface area contributed by atoms with Gasteiger partial charge in [-0.2, -0.15) is 0 Å². The van der Waals surface area contributed by atoms with Gasteiger partial charge in [0.25, 0.3) is 5.91 Å². The van der Waals surface area contributed by atoms with Crippen molar-refractivity contribution in [2.24, 2.45) is 0 Å². The van der Waals surface area contributed by atoms with Crippen LogP contribution in [0.1, 0.15) is 23.1 Å². The van der Waals surface area contributed by atoms with Crippen molar-refractivity contribution in [3.63, 3.8) is 0 Å². The van der Waals surface area contributed by atoms with Crippen LogP contribution in [0.25, 0.3) is 0 Å². The number of amides is 2. The molecule has 1 aliphatic heterocycles. The molecule has 1 unspecified atom stereocenters. The van der Waals surface area contributed by atoms with Crippen molar-refractivity contribution in [2.45, 2.75) is 33.2 Å². The largest absolute Gasteiger partial charge is 0.373 e. The van der Waals surface area contributed by atoms with Gasteiger partial charge in [-0.05, 0) is 55.7 Å². The van der Waals surface area contributed by atoms with Gasteiger partial charge in [0.15, 0.2) is 0 Å². The Balaban J connectivity index is 1.85. The number of nitrogens with one attached hydrogen (secondary N) is 1. The first-order chi connectivity index (χ1) is 11.0. The van der Waals surface area contributed by atoms with Crippen molar-refractivity contribution < 1.29 is 9.59 Å². The Kier molecular flexibility index (Phi) is 3.90. The first-order valence-electron chi connectivity index (χ1n) is 7.73. The van der Waals surface area contributed by atoms with Gasteiger partial charge < -0.3 is 5.32 Å². The highest BCUT2D eigenvalue weighted by Gasteiger charge is 2.39. The quantitative estimate of drug-likeness (QED) is 0.885. The summed E-state index contributed by atoms with van der Waals surface area (Å²) in [7, 11) is 0. The standard InChI is InChI=1S/C19H20N2O2/c1-12-5-4-6-15(9-12)21-18(22)11-17(19(21)23)20-16-10-13(2)7-8-14(16)3/h4-10,17,20H,11H2,1-3H3. The Labute approximate surface area is 136 Å². The van der Waals surface area contributed by atoms with E-state index in [1.54, 1.807) is 6.07 Å². The molecule has 2 aromatic carbocycles. The lowest BCUT2D eigenvalue weighted by Crippen LogP contribution is -2.35. The Morgan fingerprint density at radius 1 is 1.00 bits per heavy atom. The maximum Gasteiger partial charge on any atom is 0.256 e. The van der Waals surface area contributed by atoms with Crippen LogP contribution >= 0.6 is 0 Å². The molecule has 0 spiro atoms. The van der Waals surface area contributed by atoms with E-state index in [-0.39, 0.29) is 18.2 Å². The van der Waals surface area contributed by atoms with Crippen molar-refractivity contribution in [3.05, 3.63) is 59.2 Å². The molecule has 1 N–H and O–H groups in total. The van der Waals surface area contributed by atoms with Gasteiger partial charge in [0.2, 0.25) is 5.91 Å². The van der Waals surface area contributed by atoms with Crippen LogP contribution in [0.4, 0.5) is 11.4 Å². The second-order valence-electron chi connectivity index (χ2n) is 6.13. The van der Waals surface area contributed by atoms with E-state index < -0.39 is 6.04 Å². The number of carbonyl (C=O) groups is 2. The molecule has 0 bridgehead atoms. The first-order valence-corrected chi connectivity index (χ1v) is 7.73. The topological polar surface area (TPSA) is 49.4 Å². The fourth-order valence-corrected chi connectivity index (χ4v) is 2.86. The second-order valence-corrected chi connectivity index (χ2v) is 6.13. The predicted octanol–water partition coefficient (Wildman–Crippen LogP) is 3.36. The van der Waals surface area contributed by atoms with Gasteiger partial charge in [-0.3, -0.25) is 9.59 Å². The van der Waals surface area contributed by atoms with Crippen LogP contribution in [0.5, 0.6) is 0 Å². The van der Waals surface area contributed by atoms with Gasteiger partial charge in [-0.25, -0.2) is 4.90 Å². The van der Waals surface area contributed by atoms with Crippen LogP contribution in [0, 0.1) is 20.8 Å². The van der Waals surface area contributed by atoms with Gasteiger partial charge in [0.05, 0.1) is 12.1 Å². The van der Waals surface area contributed by atoms with Crippen molar-refractivity contribution in [1.29, 1.82) is 0 Å². The SMILES string of the molecule is Cc1cccc(N2C(=O)CC(Nc3cc(C)ccc3C)C2=O)c1. The third kappa shape index (κ3) is 2.97. The number of imide groups is 1. The maximum atomic E-state index is 12.7. The Bertz CT molecular complexity index is 783. The summed E-state index contributed by atoms with van der Waals surface area (Å²) in [6.07, 6.45) is 0.181. The molecule has 0 aliphatic carbocycles. The third-order valence-corrected chi connectivity index (χ3v) is 4.13. The summed E-state index contributed by atoms with van der Waals surface area (Å²) in [5, 5.41) is 3.23. The average molecular weight is 308 g/mol. The molecule has 0 aromatic heterocycles. The van der Waals surface area contributed by atoms with Crippen LogP contribution in [-0.4, -0.2) is 17.9 Å². The summed E-state index contributed by atoms with van der Waals surface area (Å²) in [5.41, 5.74) is 4.75. The normalized spacial score (nSPS) is 17.7. The molecular formula is C19H20N2O2. The van der Waals surface area contributed by atoms with Crippen molar-refractivity contribution >= 4 is 23.2 Å². The molecule has 1 fully saturated rings. The van der Waals surface area contributed by atoms with Crippen molar-refractivity contribution in [3.8, 4) is 0 Å². The number of nitrogens with zero attached hydrogens (tertiary/aromatic N) is 1. The van der Waals surface area contributed by atoms with Gasteiger partial charge >= 0.3 is 0 Å². The van der Waals surface area contributed by atoms with E-state index in [9.17, 15) is 9.59 Å². The lowest BCUT2D eigenvalue weighted by molar-refractivity contribution is -0.121.